The molecule has 1 aliphatic carbocycles. The number of amides is 1. The normalized spacial score (nSPS) is 22.3. The maximum atomic E-state index is 11.7. The van der Waals surface area contributed by atoms with E-state index in [1.165, 1.54) is 0 Å². The summed E-state index contributed by atoms with van der Waals surface area (Å²) in [6.45, 7) is 11.0. The van der Waals surface area contributed by atoms with Crippen LogP contribution in [0.3, 0.4) is 0 Å². The fourth-order valence-electron chi connectivity index (χ4n) is 2.40. The summed E-state index contributed by atoms with van der Waals surface area (Å²) < 4.78 is 16.1. The zero-order valence-electron chi connectivity index (χ0n) is 15.2. The van der Waals surface area contributed by atoms with Crippen LogP contribution in [0.4, 0.5) is 4.79 Å². The first-order valence-electron chi connectivity index (χ1n) is 8.27. The average Bonchev–Trinajstić information content (AvgIpc) is 2.33. The molecule has 1 N–H and O–H groups in total. The lowest BCUT2D eigenvalue weighted by molar-refractivity contribution is -0.162. The smallest absolute Gasteiger partial charge is 0.407 e. The standard InChI is InChI=1S/C17H31NO5/c1-16(2,3)22-14(19)11-21-13-9-7-12(8-10-13)18-15(20)23-17(4,5)6/h12-13H,7-11H2,1-6H3,(H,18,20). The highest BCUT2D eigenvalue weighted by Crippen LogP contribution is 2.22. The van der Waals surface area contributed by atoms with Gasteiger partial charge >= 0.3 is 12.1 Å². The van der Waals surface area contributed by atoms with Gasteiger partial charge in [0.25, 0.3) is 0 Å². The molecule has 0 aromatic carbocycles. The maximum absolute atomic E-state index is 11.7. The van der Waals surface area contributed by atoms with Gasteiger partial charge in [-0.25, -0.2) is 9.59 Å². The summed E-state index contributed by atoms with van der Waals surface area (Å²) in [5, 5.41) is 2.88. The number of ether oxygens (including phenoxy) is 3. The molecule has 0 aliphatic heterocycles. The van der Waals surface area contributed by atoms with E-state index in [-0.39, 0.29) is 30.8 Å². The molecule has 1 rings (SSSR count). The molecule has 134 valence electrons. The lowest BCUT2D eigenvalue weighted by Gasteiger charge is -2.30. The summed E-state index contributed by atoms with van der Waals surface area (Å²) in [6.07, 6.45) is 2.91. The molecule has 0 atom stereocenters. The largest absolute Gasteiger partial charge is 0.458 e. The highest BCUT2D eigenvalue weighted by Gasteiger charge is 2.26. The van der Waals surface area contributed by atoms with E-state index in [0.29, 0.717) is 0 Å². The van der Waals surface area contributed by atoms with Crippen LogP contribution in [0.2, 0.25) is 0 Å². The Kier molecular flexibility index (Phi) is 6.86. The Bertz CT molecular complexity index is 400. The molecule has 0 bridgehead atoms. The molecule has 6 nitrogen and oxygen atoms in total. The number of hydrogen-bond donors (Lipinski definition) is 1. The fraction of sp³-hybridized carbons (Fsp3) is 0.882. The third kappa shape index (κ3) is 9.43. The van der Waals surface area contributed by atoms with Crippen molar-refractivity contribution in [3.05, 3.63) is 0 Å². The molecule has 1 amide bonds. The Balaban J connectivity index is 2.23. The molecule has 0 spiro atoms. The van der Waals surface area contributed by atoms with Gasteiger partial charge in [-0.2, -0.15) is 0 Å². The maximum Gasteiger partial charge on any atom is 0.407 e. The second-order valence-electron chi connectivity index (χ2n) is 8.02. The summed E-state index contributed by atoms with van der Waals surface area (Å²) >= 11 is 0. The van der Waals surface area contributed by atoms with Gasteiger partial charge in [0.2, 0.25) is 0 Å². The van der Waals surface area contributed by atoms with Crippen molar-refractivity contribution in [3.63, 3.8) is 0 Å². The van der Waals surface area contributed by atoms with E-state index in [1.54, 1.807) is 0 Å². The third-order valence-corrected chi connectivity index (χ3v) is 3.25. The third-order valence-electron chi connectivity index (χ3n) is 3.25. The van der Waals surface area contributed by atoms with Gasteiger partial charge < -0.3 is 19.5 Å². The van der Waals surface area contributed by atoms with Crippen LogP contribution in [0.15, 0.2) is 0 Å². The van der Waals surface area contributed by atoms with E-state index in [9.17, 15) is 9.59 Å². The summed E-state index contributed by atoms with van der Waals surface area (Å²) in [4.78, 5) is 23.4. The van der Waals surface area contributed by atoms with Crippen molar-refractivity contribution in [2.45, 2.75) is 90.6 Å². The summed E-state index contributed by atoms with van der Waals surface area (Å²) in [6, 6.07) is 0.103. The minimum atomic E-state index is -0.491. The lowest BCUT2D eigenvalue weighted by atomic mass is 9.93. The van der Waals surface area contributed by atoms with Gasteiger partial charge in [0.05, 0.1) is 6.10 Å². The van der Waals surface area contributed by atoms with Crippen molar-refractivity contribution in [2.75, 3.05) is 6.61 Å². The van der Waals surface area contributed by atoms with Crippen molar-refractivity contribution in [3.8, 4) is 0 Å². The van der Waals surface area contributed by atoms with Gasteiger partial charge in [-0.05, 0) is 67.2 Å². The summed E-state index contributed by atoms with van der Waals surface area (Å²) in [5.41, 5.74) is -0.979. The first-order valence-corrected chi connectivity index (χ1v) is 8.27. The van der Waals surface area contributed by atoms with E-state index in [0.717, 1.165) is 25.7 Å². The van der Waals surface area contributed by atoms with Crippen molar-refractivity contribution in [2.24, 2.45) is 0 Å². The number of rotatable bonds is 4. The highest BCUT2D eigenvalue weighted by atomic mass is 16.6. The average molecular weight is 329 g/mol. The first-order chi connectivity index (χ1) is 10.4. The first kappa shape index (κ1) is 19.7. The number of nitrogens with one attached hydrogen (secondary N) is 1. The predicted octanol–water partition coefficient (Wildman–Crippen LogP) is 3.18. The van der Waals surface area contributed by atoms with Crippen molar-refractivity contribution in [1.82, 2.24) is 5.32 Å². The van der Waals surface area contributed by atoms with Crippen LogP contribution in [-0.4, -0.2) is 42.0 Å². The molecule has 1 fully saturated rings. The van der Waals surface area contributed by atoms with Crippen LogP contribution in [0.25, 0.3) is 0 Å². The number of esters is 1. The van der Waals surface area contributed by atoms with Gasteiger partial charge in [0.15, 0.2) is 0 Å². The molecule has 0 radical (unpaired) electrons. The van der Waals surface area contributed by atoms with Crippen LogP contribution in [-0.2, 0) is 19.0 Å². The minimum Gasteiger partial charge on any atom is -0.458 e. The molecule has 23 heavy (non-hydrogen) atoms. The SMILES string of the molecule is CC(C)(C)OC(=O)COC1CCC(NC(=O)OC(C)(C)C)CC1. The van der Waals surface area contributed by atoms with E-state index in [2.05, 4.69) is 5.32 Å². The molecule has 0 unspecified atom stereocenters. The van der Waals surface area contributed by atoms with E-state index in [1.807, 2.05) is 41.5 Å². The molecule has 0 heterocycles. The Morgan fingerprint density at radius 3 is 1.91 bits per heavy atom. The minimum absolute atomic E-state index is 0.0217. The van der Waals surface area contributed by atoms with Crippen molar-refractivity contribution in [1.29, 1.82) is 0 Å². The van der Waals surface area contributed by atoms with Gasteiger partial charge in [-0.1, -0.05) is 0 Å². The van der Waals surface area contributed by atoms with Gasteiger partial charge in [0, 0.05) is 6.04 Å². The number of hydrogen-bond acceptors (Lipinski definition) is 5. The van der Waals surface area contributed by atoms with Crippen LogP contribution in [0.5, 0.6) is 0 Å². The second-order valence-corrected chi connectivity index (χ2v) is 8.02. The van der Waals surface area contributed by atoms with Crippen LogP contribution in [0.1, 0.15) is 67.2 Å². The molecule has 1 saturated carbocycles. The summed E-state index contributed by atoms with van der Waals surface area (Å²) in [5.74, 6) is -0.341. The van der Waals surface area contributed by atoms with E-state index in [4.69, 9.17) is 14.2 Å². The van der Waals surface area contributed by atoms with Crippen molar-refractivity contribution >= 4 is 12.1 Å². The molecule has 0 saturated heterocycles. The van der Waals surface area contributed by atoms with Gasteiger partial charge in [0.1, 0.15) is 17.8 Å². The predicted molar refractivity (Wildman–Crippen MR) is 87.2 cm³/mol. The van der Waals surface area contributed by atoms with Crippen LogP contribution < -0.4 is 5.32 Å². The Morgan fingerprint density at radius 2 is 1.43 bits per heavy atom. The van der Waals surface area contributed by atoms with Crippen LogP contribution in [0, 0.1) is 0 Å². The molecule has 6 heteroatoms. The number of carbonyl (C=O) groups excluding carboxylic acids is 2. The Morgan fingerprint density at radius 1 is 0.913 bits per heavy atom. The monoisotopic (exact) mass is 329 g/mol. The molecule has 1 aliphatic rings. The molecule has 0 aromatic rings. The fourth-order valence-corrected chi connectivity index (χ4v) is 2.40. The molecular formula is C17H31NO5. The lowest BCUT2D eigenvalue weighted by Crippen LogP contribution is -2.42. The number of carbonyl (C=O) groups is 2. The van der Waals surface area contributed by atoms with Gasteiger partial charge in [-0.3, -0.25) is 0 Å². The highest BCUT2D eigenvalue weighted by molar-refractivity contribution is 5.71. The van der Waals surface area contributed by atoms with E-state index < -0.39 is 11.2 Å². The molecule has 0 aromatic heterocycles. The summed E-state index contributed by atoms with van der Waals surface area (Å²) in [7, 11) is 0. The quantitative estimate of drug-likeness (QED) is 0.802. The van der Waals surface area contributed by atoms with E-state index >= 15 is 0 Å². The zero-order valence-corrected chi connectivity index (χ0v) is 15.2. The second kappa shape index (κ2) is 7.99. The Labute approximate surface area is 139 Å². The van der Waals surface area contributed by atoms with Crippen LogP contribution >= 0.6 is 0 Å². The molecular weight excluding hydrogens is 298 g/mol. The number of alkyl carbamates (subject to hydrolysis) is 1. The topological polar surface area (TPSA) is 73.9 Å². The Hall–Kier alpha value is -1.30. The van der Waals surface area contributed by atoms with Crippen molar-refractivity contribution < 1.29 is 23.8 Å². The van der Waals surface area contributed by atoms with Gasteiger partial charge in [-0.15, -0.1) is 0 Å². The zero-order chi connectivity index (χ0) is 17.7.